The Morgan fingerprint density at radius 3 is 2.33 bits per heavy atom. The van der Waals surface area contributed by atoms with Crippen molar-refractivity contribution in [1.82, 2.24) is 5.32 Å². The Hall–Kier alpha value is -2.00. The predicted molar refractivity (Wildman–Crippen MR) is 85.9 cm³/mol. The minimum Gasteiger partial charge on any atom is -0.497 e. The summed E-state index contributed by atoms with van der Waals surface area (Å²) >= 11 is 0. The normalized spacial score (nSPS) is 10.4. The molecule has 2 aromatic rings. The van der Waals surface area contributed by atoms with Crippen LogP contribution < -0.4 is 14.8 Å². The van der Waals surface area contributed by atoms with Crippen molar-refractivity contribution >= 4 is 0 Å². The third kappa shape index (κ3) is 4.23. The first-order valence-corrected chi connectivity index (χ1v) is 7.29. The number of aryl methyl sites for hydroxylation is 1. The van der Waals surface area contributed by atoms with E-state index < -0.39 is 0 Å². The maximum absolute atomic E-state index is 5.95. The molecule has 0 saturated heterocycles. The van der Waals surface area contributed by atoms with Gasteiger partial charge in [0.1, 0.15) is 18.1 Å². The van der Waals surface area contributed by atoms with Crippen molar-refractivity contribution in [2.75, 3.05) is 14.2 Å². The second kappa shape index (κ2) is 7.70. The van der Waals surface area contributed by atoms with Crippen LogP contribution in [0.2, 0.25) is 0 Å². The molecule has 0 spiro atoms. The quantitative estimate of drug-likeness (QED) is 0.844. The van der Waals surface area contributed by atoms with Crippen LogP contribution in [0.4, 0.5) is 0 Å². The summed E-state index contributed by atoms with van der Waals surface area (Å²) in [7, 11) is 3.60. The van der Waals surface area contributed by atoms with E-state index in [1.807, 2.05) is 25.2 Å². The van der Waals surface area contributed by atoms with Gasteiger partial charge in [0.2, 0.25) is 0 Å². The fraction of sp³-hybridized carbons (Fsp3) is 0.333. The number of nitrogens with one attached hydrogen (secondary N) is 1. The van der Waals surface area contributed by atoms with E-state index in [-0.39, 0.29) is 0 Å². The van der Waals surface area contributed by atoms with Gasteiger partial charge in [-0.2, -0.15) is 0 Å². The van der Waals surface area contributed by atoms with Gasteiger partial charge in [-0.25, -0.2) is 0 Å². The summed E-state index contributed by atoms with van der Waals surface area (Å²) in [5.74, 6) is 1.74. The lowest BCUT2D eigenvalue weighted by Crippen LogP contribution is -2.08. The van der Waals surface area contributed by atoms with Gasteiger partial charge in [0.25, 0.3) is 0 Å². The molecule has 0 aliphatic rings. The fourth-order valence-corrected chi connectivity index (χ4v) is 2.18. The van der Waals surface area contributed by atoms with Crippen molar-refractivity contribution in [3.05, 3.63) is 59.2 Å². The molecule has 112 valence electrons. The molecule has 0 heterocycles. The summed E-state index contributed by atoms with van der Waals surface area (Å²) in [5, 5.41) is 3.15. The van der Waals surface area contributed by atoms with E-state index in [9.17, 15) is 0 Å². The lowest BCUT2D eigenvalue weighted by Gasteiger charge is -2.13. The average molecular weight is 285 g/mol. The van der Waals surface area contributed by atoms with Crippen LogP contribution in [0.25, 0.3) is 0 Å². The lowest BCUT2D eigenvalue weighted by atomic mass is 10.1. The summed E-state index contributed by atoms with van der Waals surface area (Å²) in [4.78, 5) is 0. The Bertz CT molecular complexity index is 564. The van der Waals surface area contributed by atoms with Crippen molar-refractivity contribution in [2.45, 2.75) is 26.5 Å². The topological polar surface area (TPSA) is 30.5 Å². The number of ether oxygens (including phenoxy) is 2. The van der Waals surface area contributed by atoms with E-state index in [0.29, 0.717) is 6.61 Å². The smallest absolute Gasteiger partial charge is 0.124 e. The first-order chi connectivity index (χ1) is 10.3. The van der Waals surface area contributed by atoms with E-state index in [1.54, 1.807) is 7.11 Å². The molecule has 21 heavy (non-hydrogen) atoms. The second-order valence-electron chi connectivity index (χ2n) is 4.96. The summed E-state index contributed by atoms with van der Waals surface area (Å²) in [6.07, 6.45) is 1.06. The van der Waals surface area contributed by atoms with Crippen LogP contribution in [-0.4, -0.2) is 14.2 Å². The van der Waals surface area contributed by atoms with Crippen LogP contribution in [0, 0.1) is 0 Å². The van der Waals surface area contributed by atoms with Crippen LogP contribution in [-0.2, 0) is 19.6 Å². The van der Waals surface area contributed by atoms with E-state index >= 15 is 0 Å². The summed E-state index contributed by atoms with van der Waals surface area (Å²) in [6.45, 7) is 3.49. The minimum atomic E-state index is 0.576. The molecule has 0 amide bonds. The van der Waals surface area contributed by atoms with Gasteiger partial charge in [-0.15, -0.1) is 0 Å². The van der Waals surface area contributed by atoms with Crippen LogP contribution in [0.5, 0.6) is 11.5 Å². The lowest BCUT2D eigenvalue weighted by molar-refractivity contribution is 0.301. The Labute approximate surface area is 126 Å². The van der Waals surface area contributed by atoms with Gasteiger partial charge in [0.05, 0.1) is 7.11 Å². The molecule has 0 saturated carbocycles. The van der Waals surface area contributed by atoms with Crippen molar-refractivity contribution in [1.29, 1.82) is 0 Å². The second-order valence-corrected chi connectivity index (χ2v) is 4.96. The molecule has 3 heteroatoms. The molecule has 0 aliphatic heterocycles. The highest BCUT2D eigenvalue weighted by Crippen LogP contribution is 2.25. The molecular formula is C18H23NO2. The number of rotatable bonds is 7. The number of benzene rings is 2. The SMILES string of the molecule is CCc1ccc(COc2ccc(OC)cc2CNC)cc1. The Morgan fingerprint density at radius 1 is 1.00 bits per heavy atom. The number of methoxy groups -OCH3 is 1. The van der Waals surface area contributed by atoms with E-state index in [4.69, 9.17) is 9.47 Å². The van der Waals surface area contributed by atoms with Gasteiger partial charge < -0.3 is 14.8 Å². The van der Waals surface area contributed by atoms with Gasteiger partial charge in [0, 0.05) is 12.1 Å². The zero-order chi connectivity index (χ0) is 15.1. The summed E-state index contributed by atoms with van der Waals surface area (Å²) in [5.41, 5.74) is 3.62. The van der Waals surface area contributed by atoms with Gasteiger partial charge in [-0.1, -0.05) is 31.2 Å². The molecule has 1 N–H and O–H groups in total. The molecule has 0 aliphatic carbocycles. The Morgan fingerprint density at radius 2 is 1.71 bits per heavy atom. The molecule has 2 aromatic carbocycles. The van der Waals surface area contributed by atoms with Gasteiger partial charge in [-0.3, -0.25) is 0 Å². The molecule has 0 bridgehead atoms. The molecule has 2 rings (SSSR count). The monoisotopic (exact) mass is 285 g/mol. The molecule has 0 radical (unpaired) electrons. The molecule has 0 aromatic heterocycles. The average Bonchev–Trinajstić information content (AvgIpc) is 2.54. The van der Waals surface area contributed by atoms with E-state index in [2.05, 4.69) is 36.5 Å². The molecule has 0 unspecified atom stereocenters. The number of hydrogen-bond donors (Lipinski definition) is 1. The van der Waals surface area contributed by atoms with Crippen molar-refractivity contribution in [3.8, 4) is 11.5 Å². The van der Waals surface area contributed by atoms with Gasteiger partial charge >= 0.3 is 0 Å². The fourth-order valence-electron chi connectivity index (χ4n) is 2.18. The maximum Gasteiger partial charge on any atom is 0.124 e. The van der Waals surface area contributed by atoms with Crippen LogP contribution in [0.3, 0.4) is 0 Å². The van der Waals surface area contributed by atoms with Crippen LogP contribution >= 0.6 is 0 Å². The summed E-state index contributed by atoms with van der Waals surface area (Å²) in [6, 6.07) is 14.5. The third-order valence-corrected chi connectivity index (χ3v) is 3.46. The van der Waals surface area contributed by atoms with Gasteiger partial charge in [-0.05, 0) is 42.8 Å². The van der Waals surface area contributed by atoms with Gasteiger partial charge in [0.15, 0.2) is 0 Å². The minimum absolute atomic E-state index is 0.576. The molecular weight excluding hydrogens is 262 g/mol. The number of hydrogen-bond acceptors (Lipinski definition) is 3. The first-order valence-electron chi connectivity index (χ1n) is 7.29. The Kier molecular flexibility index (Phi) is 5.64. The molecule has 0 atom stereocenters. The van der Waals surface area contributed by atoms with E-state index in [1.165, 1.54) is 11.1 Å². The zero-order valence-corrected chi connectivity index (χ0v) is 13.0. The standard InChI is InChI=1S/C18H23NO2/c1-4-14-5-7-15(8-6-14)13-21-18-10-9-17(20-3)11-16(18)12-19-2/h5-11,19H,4,12-13H2,1-3H3. The molecule has 3 nitrogen and oxygen atoms in total. The summed E-state index contributed by atoms with van der Waals surface area (Å²) < 4.78 is 11.2. The highest BCUT2D eigenvalue weighted by Gasteiger charge is 2.05. The van der Waals surface area contributed by atoms with Crippen molar-refractivity contribution < 1.29 is 9.47 Å². The van der Waals surface area contributed by atoms with Crippen molar-refractivity contribution in [2.24, 2.45) is 0 Å². The highest BCUT2D eigenvalue weighted by atomic mass is 16.5. The van der Waals surface area contributed by atoms with Crippen molar-refractivity contribution in [3.63, 3.8) is 0 Å². The van der Waals surface area contributed by atoms with E-state index in [0.717, 1.165) is 30.0 Å². The first kappa shape index (κ1) is 15.4. The van der Waals surface area contributed by atoms with Crippen LogP contribution in [0.1, 0.15) is 23.6 Å². The Balaban J connectivity index is 2.07. The molecule has 0 fully saturated rings. The zero-order valence-electron chi connectivity index (χ0n) is 13.0. The third-order valence-electron chi connectivity index (χ3n) is 3.46. The highest BCUT2D eigenvalue weighted by molar-refractivity contribution is 5.40. The van der Waals surface area contributed by atoms with Crippen LogP contribution in [0.15, 0.2) is 42.5 Å². The largest absolute Gasteiger partial charge is 0.497 e. The predicted octanol–water partition coefficient (Wildman–Crippen LogP) is 3.56. The maximum atomic E-state index is 5.95.